The van der Waals surface area contributed by atoms with E-state index in [0.29, 0.717) is 32.6 Å². The fraction of sp³-hybridized carbons (Fsp3) is 0.467. The fourth-order valence-electron chi connectivity index (χ4n) is 2.36. The van der Waals surface area contributed by atoms with Crippen molar-refractivity contribution in [2.24, 2.45) is 11.7 Å². The molecule has 1 aliphatic rings. The van der Waals surface area contributed by atoms with Crippen LogP contribution in [0.1, 0.15) is 18.4 Å². The molecule has 108 valence electrons. The van der Waals surface area contributed by atoms with Gasteiger partial charge in [-0.15, -0.1) is 0 Å². The molecule has 0 aromatic heterocycles. The molecule has 1 unspecified atom stereocenters. The first-order valence-corrected chi connectivity index (χ1v) is 7.00. The van der Waals surface area contributed by atoms with Gasteiger partial charge < -0.3 is 16.0 Å². The molecule has 1 aromatic carbocycles. The monoisotopic (exact) mass is 275 g/mol. The van der Waals surface area contributed by atoms with Crippen molar-refractivity contribution in [2.45, 2.75) is 19.4 Å². The summed E-state index contributed by atoms with van der Waals surface area (Å²) in [5, 5.41) is 2.83. The van der Waals surface area contributed by atoms with E-state index in [1.807, 2.05) is 30.3 Å². The van der Waals surface area contributed by atoms with Crippen LogP contribution < -0.4 is 11.1 Å². The lowest BCUT2D eigenvalue weighted by molar-refractivity contribution is -0.129. The zero-order chi connectivity index (χ0) is 14.4. The number of hydrogen-bond acceptors (Lipinski definition) is 3. The fourth-order valence-corrected chi connectivity index (χ4v) is 2.36. The number of nitrogens with two attached hydrogens (primary N) is 1. The highest BCUT2D eigenvalue weighted by Gasteiger charge is 2.33. The first kappa shape index (κ1) is 14.5. The van der Waals surface area contributed by atoms with Gasteiger partial charge in [0.2, 0.25) is 11.8 Å². The normalized spacial score (nSPS) is 18.4. The minimum Gasteiger partial charge on any atom is -0.356 e. The largest absolute Gasteiger partial charge is 0.356 e. The Labute approximate surface area is 119 Å². The van der Waals surface area contributed by atoms with E-state index >= 15 is 0 Å². The minimum atomic E-state index is -0.232. The first-order valence-electron chi connectivity index (χ1n) is 7.00. The van der Waals surface area contributed by atoms with Crippen LogP contribution >= 0.6 is 0 Å². The zero-order valence-electron chi connectivity index (χ0n) is 11.5. The van der Waals surface area contributed by atoms with E-state index in [4.69, 9.17) is 5.73 Å². The smallest absolute Gasteiger partial charge is 0.225 e. The van der Waals surface area contributed by atoms with Crippen LogP contribution in [0.5, 0.6) is 0 Å². The second-order valence-electron chi connectivity index (χ2n) is 5.09. The van der Waals surface area contributed by atoms with Crippen molar-refractivity contribution < 1.29 is 9.59 Å². The molecule has 1 atom stereocenters. The lowest BCUT2D eigenvalue weighted by Crippen LogP contribution is -2.34. The molecule has 1 saturated heterocycles. The van der Waals surface area contributed by atoms with Gasteiger partial charge in [-0.2, -0.15) is 0 Å². The average molecular weight is 275 g/mol. The molecular weight excluding hydrogens is 254 g/mol. The summed E-state index contributed by atoms with van der Waals surface area (Å²) in [4.78, 5) is 25.6. The van der Waals surface area contributed by atoms with Gasteiger partial charge in [-0.05, 0) is 18.5 Å². The minimum absolute atomic E-state index is 0.0395. The predicted octanol–water partition coefficient (Wildman–Crippen LogP) is 0.500. The Morgan fingerprint density at radius 1 is 1.35 bits per heavy atom. The van der Waals surface area contributed by atoms with E-state index < -0.39 is 0 Å². The van der Waals surface area contributed by atoms with E-state index in [1.165, 1.54) is 0 Å². The van der Waals surface area contributed by atoms with Crippen LogP contribution in [0.15, 0.2) is 30.3 Å². The molecule has 1 aliphatic heterocycles. The summed E-state index contributed by atoms with van der Waals surface area (Å²) in [6.45, 7) is 2.22. The standard InChI is InChI=1S/C15H21N3O2/c16-7-4-8-17-15(20)13-9-14(19)18(11-13)10-12-5-2-1-3-6-12/h1-3,5-6,13H,4,7-11,16H2,(H,17,20). The Hall–Kier alpha value is -1.88. The van der Waals surface area contributed by atoms with Gasteiger partial charge in [0.25, 0.3) is 0 Å². The van der Waals surface area contributed by atoms with E-state index in [-0.39, 0.29) is 17.7 Å². The van der Waals surface area contributed by atoms with Crippen molar-refractivity contribution in [1.29, 1.82) is 0 Å². The van der Waals surface area contributed by atoms with Gasteiger partial charge in [0.05, 0.1) is 5.92 Å². The molecular formula is C15H21N3O2. The summed E-state index contributed by atoms with van der Waals surface area (Å²) in [5.41, 5.74) is 6.47. The lowest BCUT2D eigenvalue weighted by Gasteiger charge is -2.16. The molecule has 0 aliphatic carbocycles. The van der Waals surface area contributed by atoms with Crippen LogP contribution in [0.2, 0.25) is 0 Å². The van der Waals surface area contributed by atoms with E-state index in [0.717, 1.165) is 12.0 Å². The van der Waals surface area contributed by atoms with Crippen molar-refractivity contribution in [3.8, 4) is 0 Å². The third kappa shape index (κ3) is 3.81. The maximum Gasteiger partial charge on any atom is 0.225 e. The van der Waals surface area contributed by atoms with Crippen molar-refractivity contribution in [3.05, 3.63) is 35.9 Å². The quantitative estimate of drug-likeness (QED) is 0.742. The zero-order valence-corrected chi connectivity index (χ0v) is 11.5. The van der Waals surface area contributed by atoms with Gasteiger partial charge in [-0.3, -0.25) is 9.59 Å². The van der Waals surface area contributed by atoms with Crippen LogP contribution in [0.3, 0.4) is 0 Å². The van der Waals surface area contributed by atoms with Crippen molar-refractivity contribution in [1.82, 2.24) is 10.2 Å². The lowest BCUT2D eigenvalue weighted by atomic mass is 10.1. The summed E-state index contributed by atoms with van der Waals surface area (Å²) in [6.07, 6.45) is 1.07. The van der Waals surface area contributed by atoms with Crippen molar-refractivity contribution >= 4 is 11.8 Å². The number of rotatable bonds is 6. The van der Waals surface area contributed by atoms with E-state index in [2.05, 4.69) is 5.32 Å². The SMILES string of the molecule is NCCCNC(=O)C1CC(=O)N(Cc2ccccc2)C1. The number of hydrogen-bond donors (Lipinski definition) is 2. The van der Waals surface area contributed by atoms with E-state index in [1.54, 1.807) is 4.90 Å². The summed E-state index contributed by atoms with van der Waals surface area (Å²) in [5.74, 6) is -0.223. The molecule has 1 heterocycles. The number of nitrogens with zero attached hydrogens (tertiary/aromatic N) is 1. The Morgan fingerprint density at radius 2 is 2.10 bits per heavy atom. The average Bonchev–Trinajstić information content (AvgIpc) is 2.82. The second-order valence-corrected chi connectivity index (χ2v) is 5.09. The third-order valence-electron chi connectivity index (χ3n) is 3.48. The Balaban J connectivity index is 1.85. The molecule has 0 saturated carbocycles. The number of likely N-dealkylation sites (tertiary alicyclic amines) is 1. The second kappa shape index (κ2) is 7.05. The molecule has 0 spiro atoms. The van der Waals surface area contributed by atoms with Crippen molar-refractivity contribution in [3.63, 3.8) is 0 Å². The molecule has 1 aromatic rings. The highest BCUT2D eigenvalue weighted by Crippen LogP contribution is 2.20. The third-order valence-corrected chi connectivity index (χ3v) is 3.48. The molecule has 0 radical (unpaired) electrons. The molecule has 0 bridgehead atoms. The van der Waals surface area contributed by atoms with Crippen molar-refractivity contribution in [2.75, 3.05) is 19.6 Å². The number of amides is 2. The van der Waals surface area contributed by atoms with Gasteiger partial charge >= 0.3 is 0 Å². The molecule has 2 rings (SSSR count). The van der Waals surface area contributed by atoms with Crippen LogP contribution in [-0.4, -0.2) is 36.3 Å². The number of benzene rings is 1. The summed E-state index contributed by atoms with van der Waals surface area (Å²) >= 11 is 0. The van der Waals surface area contributed by atoms with Gasteiger partial charge in [0.15, 0.2) is 0 Å². The van der Waals surface area contributed by atoms with E-state index in [9.17, 15) is 9.59 Å². The first-order chi connectivity index (χ1) is 9.70. The number of nitrogens with one attached hydrogen (secondary N) is 1. The summed E-state index contributed by atoms with van der Waals surface area (Å²) < 4.78 is 0. The molecule has 5 heteroatoms. The maximum absolute atomic E-state index is 11.9. The van der Waals surface area contributed by atoms with Gasteiger partial charge in [-0.25, -0.2) is 0 Å². The summed E-state index contributed by atoms with van der Waals surface area (Å²) in [7, 11) is 0. The van der Waals surface area contributed by atoms with Crippen LogP contribution in [0.25, 0.3) is 0 Å². The molecule has 20 heavy (non-hydrogen) atoms. The molecule has 5 nitrogen and oxygen atoms in total. The Bertz CT molecular complexity index is 461. The van der Waals surface area contributed by atoms with Gasteiger partial charge in [0, 0.05) is 26.1 Å². The maximum atomic E-state index is 11.9. The van der Waals surface area contributed by atoms with Gasteiger partial charge in [0.1, 0.15) is 0 Å². The molecule has 2 amide bonds. The van der Waals surface area contributed by atoms with Gasteiger partial charge in [-0.1, -0.05) is 30.3 Å². The van der Waals surface area contributed by atoms with Crippen LogP contribution in [0, 0.1) is 5.92 Å². The predicted molar refractivity (Wildman–Crippen MR) is 76.6 cm³/mol. The highest BCUT2D eigenvalue weighted by molar-refractivity contribution is 5.89. The molecule has 3 N–H and O–H groups in total. The Kier molecular flexibility index (Phi) is 5.12. The molecule has 1 fully saturated rings. The number of carbonyl (C=O) groups excluding carboxylic acids is 2. The van der Waals surface area contributed by atoms with Crippen LogP contribution in [0.4, 0.5) is 0 Å². The summed E-state index contributed by atoms with van der Waals surface area (Å²) in [6, 6.07) is 9.83. The topological polar surface area (TPSA) is 75.4 Å². The Morgan fingerprint density at radius 3 is 2.80 bits per heavy atom. The number of carbonyl (C=O) groups is 2. The highest BCUT2D eigenvalue weighted by atomic mass is 16.2. The van der Waals surface area contributed by atoms with Crippen LogP contribution in [-0.2, 0) is 16.1 Å².